The number of carbonyl (C=O) groups is 3. The van der Waals surface area contributed by atoms with Crippen molar-refractivity contribution in [2.45, 2.75) is 4.90 Å². The Bertz CT molecular complexity index is 1000. The minimum Gasteiger partial charge on any atom is -0.272 e. The lowest BCUT2D eigenvalue weighted by atomic mass is 10.1. The summed E-state index contributed by atoms with van der Waals surface area (Å²) in [5.74, 6) is -2.18. The van der Waals surface area contributed by atoms with Gasteiger partial charge in [0, 0.05) is 12.1 Å². The molecule has 0 saturated heterocycles. The van der Waals surface area contributed by atoms with Crippen molar-refractivity contribution in [1.82, 2.24) is 14.7 Å². The monoisotopic (exact) mass is 407 g/mol. The maximum Gasteiger partial charge on any atom is 0.280 e. The van der Waals surface area contributed by atoms with Gasteiger partial charge in [0.2, 0.25) is 10.0 Å². The van der Waals surface area contributed by atoms with Gasteiger partial charge in [0.1, 0.15) is 0 Å². The van der Waals surface area contributed by atoms with Gasteiger partial charge < -0.3 is 0 Å². The fraction of sp³-hybridized carbons (Fsp3) is 0.118. The van der Waals surface area contributed by atoms with Crippen LogP contribution in [0.1, 0.15) is 20.7 Å². The zero-order chi connectivity index (χ0) is 19.8. The van der Waals surface area contributed by atoms with Crippen LogP contribution < -0.4 is 5.43 Å². The number of hydrazine groups is 1. The number of carbonyl (C=O) groups excluding carboxylic acids is 3. The van der Waals surface area contributed by atoms with E-state index in [1.807, 2.05) is 0 Å². The van der Waals surface area contributed by atoms with Crippen molar-refractivity contribution in [2.24, 2.45) is 0 Å². The molecule has 0 saturated carbocycles. The maximum atomic E-state index is 12.5. The van der Waals surface area contributed by atoms with Crippen molar-refractivity contribution in [1.29, 1.82) is 0 Å². The van der Waals surface area contributed by atoms with Gasteiger partial charge in [-0.2, -0.15) is 9.31 Å². The van der Waals surface area contributed by atoms with Crippen molar-refractivity contribution in [3.63, 3.8) is 0 Å². The summed E-state index contributed by atoms with van der Waals surface area (Å²) in [5, 5.41) is 0.954. The van der Waals surface area contributed by atoms with E-state index in [0.29, 0.717) is 10.0 Å². The molecule has 0 aromatic heterocycles. The summed E-state index contributed by atoms with van der Waals surface area (Å²) in [6.07, 6.45) is 0. The fourth-order valence-corrected chi connectivity index (χ4v) is 3.78. The predicted molar refractivity (Wildman–Crippen MR) is 96.4 cm³/mol. The smallest absolute Gasteiger partial charge is 0.272 e. The molecule has 2 aromatic carbocycles. The number of nitrogens with zero attached hydrogens (tertiary/aromatic N) is 2. The molecule has 8 nitrogen and oxygen atoms in total. The quantitative estimate of drug-likeness (QED) is 0.752. The number of nitrogens with one attached hydrogen (secondary N) is 1. The lowest BCUT2D eigenvalue weighted by Crippen LogP contribution is -2.49. The average Bonchev–Trinajstić information content (AvgIpc) is 2.87. The molecular weight excluding hydrogens is 394 g/mol. The molecule has 0 radical (unpaired) electrons. The van der Waals surface area contributed by atoms with Gasteiger partial charge in [-0.25, -0.2) is 8.42 Å². The largest absolute Gasteiger partial charge is 0.280 e. The summed E-state index contributed by atoms with van der Waals surface area (Å²) in [6.45, 7) is -0.585. The van der Waals surface area contributed by atoms with Crippen LogP contribution in [0.3, 0.4) is 0 Å². The third-order valence-electron chi connectivity index (χ3n) is 3.92. The molecule has 1 aliphatic heterocycles. The van der Waals surface area contributed by atoms with E-state index in [2.05, 4.69) is 5.43 Å². The Labute approximate surface area is 160 Å². The number of fused-ring (bicyclic) bond motifs is 1. The highest BCUT2D eigenvalue weighted by Crippen LogP contribution is 2.21. The SMILES string of the molecule is CN(CC(=O)NN1C(=O)c2ccccc2C1=O)S(=O)(=O)c1ccc(Cl)cc1. The second-order valence-corrected chi connectivity index (χ2v) is 8.22. The van der Waals surface area contributed by atoms with Gasteiger partial charge in [-0.1, -0.05) is 23.7 Å². The van der Waals surface area contributed by atoms with Crippen molar-refractivity contribution in [2.75, 3.05) is 13.6 Å². The van der Waals surface area contributed by atoms with Gasteiger partial charge in [-0.05, 0) is 36.4 Å². The molecule has 2 aromatic rings. The first-order chi connectivity index (χ1) is 12.7. The number of amides is 3. The lowest BCUT2D eigenvalue weighted by Gasteiger charge is -2.19. The normalized spacial score (nSPS) is 13.8. The Hall–Kier alpha value is -2.75. The molecular formula is C17H14ClN3O5S. The Morgan fingerprint density at radius 3 is 2.07 bits per heavy atom. The zero-order valence-electron chi connectivity index (χ0n) is 14.0. The van der Waals surface area contributed by atoms with E-state index in [1.54, 1.807) is 12.1 Å². The number of likely N-dealkylation sites (N-methyl/N-ethyl adjacent to an activating group) is 1. The van der Waals surface area contributed by atoms with Crippen LogP contribution in [0, 0.1) is 0 Å². The molecule has 3 rings (SSSR count). The highest BCUT2D eigenvalue weighted by atomic mass is 35.5. The van der Waals surface area contributed by atoms with E-state index in [1.165, 1.54) is 43.4 Å². The number of hydrogen-bond acceptors (Lipinski definition) is 5. The van der Waals surface area contributed by atoms with Crippen molar-refractivity contribution in [3.05, 3.63) is 64.7 Å². The van der Waals surface area contributed by atoms with Gasteiger partial charge in [0.05, 0.1) is 22.6 Å². The van der Waals surface area contributed by atoms with Crippen LogP contribution in [0.25, 0.3) is 0 Å². The van der Waals surface area contributed by atoms with E-state index in [-0.39, 0.29) is 16.0 Å². The van der Waals surface area contributed by atoms with Crippen LogP contribution in [-0.2, 0) is 14.8 Å². The lowest BCUT2D eigenvalue weighted by molar-refractivity contribution is -0.124. The Kier molecular flexibility index (Phi) is 5.01. The second kappa shape index (κ2) is 7.10. The standard InChI is InChI=1S/C17H14ClN3O5S/c1-20(27(25,26)12-8-6-11(18)7-9-12)10-15(22)19-21-16(23)13-4-2-3-5-14(13)17(21)24/h2-9H,10H2,1H3,(H,19,22). The molecule has 1 N–H and O–H groups in total. The predicted octanol–water partition coefficient (Wildman–Crippen LogP) is 1.29. The van der Waals surface area contributed by atoms with Gasteiger partial charge in [-0.3, -0.25) is 19.8 Å². The van der Waals surface area contributed by atoms with Crippen LogP contribution in [0.4, 0.5) is 0 Å². The summed E-state index contributed by atoms with van der Waals surface area (Å²) < 4.78 is 25.8. The highest BCUT2D eigenvalue weighted by molar-refractivity contribution is 7.89. The number of halogens is 1. The van der Waals surface area contributed by atoms with Gasteiger partial charge in [-0.15, -0.1) is 0 Å². The summed E-state index contributed by atoms with van der Waals surface area (Å²) in [5.41, 5.74) is 2.50. The number of hydrogen-bond donors (Lipinski definition) is 1. The topological polar surface area (TPSA) is 104 Å². The third kappa shape index (κ3) is 3.57. The number of imide groups is 1. The van der Waals surface area contributed by atoms with Crippen LogP contribution in [0.2, 0.25) is 5.02 Å². The summed E-state index contributed by atoms with van der Waals surface area (Å²) in [6, 6.07) is 11.6. The Morgan fingerprint density at radius 2 is 1.56 bits per heavy atom. The van der Waals surface area contributed by atoms with Crippen molar-refractivity contribution < 1.29 is 22.8 Å². The first-order valence-electron chi connectivity index (χ1n) is 7.71. The molecule has 0 fully saturated rings. The maximum absolute atomic E-state index is 12.5. The van der Waals surface area contributed by atoms with Crippen LogP contribution >= 0.6 is 11.6 Å². The molecule has 1 aliphatic rings. The molecule has 0 aliphatic carbocycles. The molecule has 0 spiro atoms. The van der Waals surface area contributed by atoms with Crippen LogP contribution in [0.5, 0.6) is 0 Å². The van der Waals surface area contributed by atoms with E-state index < -0.39 is 34.3 Å². The first kappa shape index (κ1) is 19.0. The van der Waals surface area contributed by atoms with Gasteiger partial charge in [0.25, 0.3) is 17.7 Å². The van der Waals surface area contributed by atoms with Crippen molar-refractivity contribution in [3.8, 4) is 0 Å². The van der Waals surface area contributed by atoms with Gasteiger partial charge in [0.15, 0.2) is 0 Å². The van der Waals surface area contributed by atoms with E-state index >= 15 is 0 Å². The number of benzene rings is 2. The van der Waals surface area contributed by atoms with Crippen molar-refractivity contribution >= 4 is 39.3 Å². The zero-order valence-corrected chi connectivity index (χ0v) is 15.6. The minimum absolute atomic E-state index is 0.0390. The average molecular weight is 408 g/mol. The van der Waals surface area contributed by atoms with Crippen LogP contribution in [0.15, 0.2) is 53.4 Å². The molecule has 0 unspecified atom stereocenters. The summed E-state index contributed by atoms with van der Waals surface area (Å²) >= 11 is 5.74. The molecule has 0 atom stereocenters. The Balaban J connectivity index is 1.70. The molecule has 10 heteroatoms. The van der Waals surface area contributed by atoms with E-state index in [9.17, 15) is 22.8 Å². The fourth-order valence-electron chi connectivity index (χ4n) is 2.52. The highest BCUT2D eigenvalue weighted by Gasteiger charge is 2.37. The minimum atomic E-state index is -3.94. The summed E-state index contributed by atoms with van der Waals surface area (Å²) in [4.78, 5) is 36.6. The molecule has 1 heterocycles. The van der Waals surface area contributed by atoms with Crippen LogP contribution in [-0.4, -0.2) is 49.0 Å². The Morgan fingerprint density at radius 1 is 1.04 bits per heavy atom. The third-order valence-corrected chi connectivity index (χ3v) is 5.99. The number of rotatable bonds is 5. The van der Waals surface area contributed by atoms with E-state index in [4.69, 9.17) is 11.6 Å². The molecule has 140 valence electrons. The molecule has 27 heavy (non-hydrogen) atoms. The van der Waals surface area contributed by atoms with Gasteiger partial charge >= 0.3 is 0 Å². The second-order valence-electron chi connectivity index (χ2n) is 5.74. The van der Waals surface area contributed by atoms with E-state index in [0.717, 1.165) is 4.31 Å². The summed E-state index contributed by atoms with van der Waals surface area (Å²) in [7, 11) is -2.73. The molecule has 0 bridgehead atoms. The number of sulfonamides is 1. The first-order valence-corrected chi connectivity index (χ1v) is 9.53. The molecule has 3 amide bonds.